The van der Waals surface area contributed by atoms with E-state index in [0.29, 0.717) is 60.0 Å². The molecular weight excluding hydrogens is 485 g/mol. The molecule has 1 aliphatic heterocycles. The Morgan fingerprint density at radius 2 is 1.77 bits per heavy atom. The molecule has 0 unspecified atom stereocenters. The maximum atomic E-state index is 14.1. The van der Waals surface area contributed by atoms with Gasteiger partial charge >= 0.3 is 0 Å². The molecule has 0 atom stereocenters. The minimum Gasteiger partial charge on any atom is -0.366 e. The van der Waals surface area contributed by atoms with Gasteiger partial charge in [-0.2, -0.15) is 0 Å². The lowest BCUT2D eigenvalue weighted by molar-refractivity contribution is 0.0953. The average Bonchev–Trinajstić information content (AvgIpc) is 2.88. The third-order valence-electron chi connectivity index (χ3n) is 5.86. The van der Waals surface area contributed by atoms with Crippen LogP contribution in [0.5, 0.6) is 0 Å². The van der Waals surface area contributed by atoms with E-state index in [2.05, 4.69) is 27.0 Å². The molecule has 9 heteroatoms. The number of rotatable bonds is 9. The van der Waals surface area contributed by atoms with Crippen LogP contribution in [0.1, 0.15) is 35.7 Å². The molecule has 2 heterocycles. The van der Waals surface area contributed by atoms with E-state index < -0.39 is 0 Å². The average molecular weight is 514 g/mol. The van der Waals surface area contributed by atoms with Gasteiger partial charge in [0, 0.05) is 50.1 Å². The highest BCUT2D eigenvalue weighted by atomic mass is 35.5. The molecule has 0 radical (unpaired) electrons. The molecule has 0 spiro atoms. The SMILES string of the molecule is CCCCNC(=O)c1ccc(CSc2nc(Cl)cc(N3CCN(c4ccccc4F)CC3)n2)cc1. The number of hydrogen-bond acceptors (Lipinski definition) is 6. The lowest BCUT2D eigenvalue weighted by Gasteiger charge is -2.36. The summed E-state index contributed by atoms with van der Waals surface area (Å²) in [4.78, 5) is 25.5. The quantitative estimate of drug-likeness (QED) is 0.178. The summed E-state index contributed by atoms with van der Waals surface area (Å²) in [5, 5.41) is 3.93. The Labute approximate surface area is 214 Å². The fourth-order valence-corrected chi connectivity index (χ4v) is 4.91. The molecule has 1 fully saturated rings. The monoisotopic (exact) mass is 513 g/mol. The van der Waals surface area contributed by atoms with Gasteiger partial charge in [-0.1, -0.05) is 61.0 Å². The number of anilines is 2. The number of benzene rings is 2. The lowest BCUT2D eigenvalue weighted by Crippen LogP contribution is -2.47. The first kappa shape index (κ1) is 25.3. The molecule has 184 valence electrons. The van der Waals surface area contributed by atoms with Crippen molar-refractivity contribution < 1.29 is 9.18 Å². The van der Waals surface area contributed by atoms with E-state index >= 15 is 0 Å². The van der Waals surface area contributed by atoms with Crippen molar-refractivity contribution in [2.75, 3.05) is 42.5 Å². The number of amides is 1. The van der Waals surface area contributed by atoms with E-state index in [-0.39, 0.29) is 11.7 Å². The number of para-hydroxylation sites is 1. The summed E-state index contributed by atoms with van der Waals surface area (Å²) in [5.74, 6) is 1.20. The molecule has 4 rings (SSSR count). The Balaban J connectivity index is 1.33. The number of carbonyl (C=O) groups is 1. The maximum Gasteiger partial charge on any atom is 0.251 e. The summed E-state index contributed by atoms with van der Waals surface area (Å²) in [6.45, 7) is 5.62. The number of thioether (sulfide) groups is 1. The molecule has 35 heavy (non-hydrogen) atoms. The van der Waals surface area contributed by atoms with Crippen molar-refractivity contribution in [1.82, 2.24) is 15.3 Å². The third-order valence-corrected chi connectivity index (χ3v) is 6.97. The minimum atomic E-state index is -0.199. The molecule has 1 aromatic heterocycles. The zero-order chi connectivity index (χ0) is 24.6. The first-order chi connectivity index (χ1) is 17.0. The minimum absolute atomic E-state index is 0.0458. The topological polar surface area (TPSA) is 61.4 Å². The van der Waals surface area contributed by atoms with Crippen molar-refractivity contribution in [2.45, 2.75) is 30.7 Å². The van der Waals surface area contributed by atoms with Gasteiger partial charge in [0.25, 0.3) is 5.91 Å². The van der Waals surface area contributed by atoms with Gasteiger partial charge in [0.15, 0.2) is 5.16 Å². The molecule has 0 aliphatic carbocycles. The molecule has 1 N–H and O–H groups in total. The molecule has 1 saturated heterocycles. The van der Waals surface area contributed by atoms with Gasteiger partial charge in [0.05, 0.1) is 5.69 Å². The molecule has 6 nitrogen and oxygen atoms in total. The summed E-state index contributed by atoms with van der Waals surface area (Å²) in [5.41, 5.74) is 2.36. The van der Waals surface area contributed by atoms with Crippen LogP contribution in [-0.4, -0.2) is 48.6 Å². The van der Waals surface area contributed by atoms with Crippen LogP contribution >= 0.6 is 23.4 Å². The Morgan fingerprint density at radius 1 is 1.06 bits per heavy atom. The number of hydrogen-bond donors (Lipinski definition) is 1. The lowest BCUT2D eigenvalue weighted by atomic mass is 10.1. The van der Waals surface area contributed by atoms with Crippen molar-refractivity contribution in [3.05, 3.63) is 76.7 Å². The second-order valence-electron chi connectivity index (χ2n) is 8.35. The van der Waals surface area contributed by atoms with E-state index in [4.69, 9.17) is 16.6 Å². The highest BCUT2D eigenvalue weighted by Crippen LogP contribution is 2.27. The fourth-order valence-electron chi connectivity index (χ4n) is 3.88. The standard InChI is InChI=1S/C26H29ClFN5OS/c1-2-3-12-29-25(34)20-10-8-19(9-11-20)18-35-26-30-23(27)17-24(31-26)33-15-13-32(14-16-33)22-7-5-4-6-21(22)28/h4-11,17H,2-3,12-16,18H2,1H3,(H,29,34). The summed E-state index contributed by atoms with van der Waals surface area (Å²) in [6, 6.07) is 16.2. The number of aromatic nitrogens is 2. The van der Waals surface area contributed by atoms with Crippen molar-refractivity contribution in [2.24, 2.45) is 0 Å². The van der Waals surface area contributed by atoms with Gasteiger partial charge < -0.3 is 15.1 Å². The first-order valence-corrected chi connectivity index (χ1v) is 13.2. The summed E-state index contributed by atoms with van der Waals surface area (Å²) < 4.78 is 14.1. The van der Waals surface area contributed by atoms with Gasteiger partial charge in [-0.3, -0.25) is 4.79 Å². The van der Waals surface area contributed by atoms with Crippen LogP contribution in [0.3, 0.4) is 0 Å². The molecule has 0 saturated carbocycles. The van der Waals surface area contributed by atoms with Crippen LogP contribution in [-0.2, 0) is 5.75 Å². The van der Waals surface area contributed by atoms with Crippen LogP contribution in [0.25, 0.3) is 0 Å². The number of piperazine rings is 1. The number of halogens is 2. The van der Waals surface area contributed by atoms with Crippen LogP contribution in [0.4, 0.5) is 15.9 Å². The molecular formula is C26H29ClFN5OS. The maximum absolute atomic E-state index is 14.1. The number of nitrogens with one attached hydrogen (secondary N) is 1. The summed E-state index contributed by atoms with van der Waals surface area (Å²) in [7, 11) is 0. The third kappa shape index (κ3) is 6.86. The number of unbranched alkanes of at least 4 members (excludes halogenated alkanes) is 1. The van der Waals surface area contributed by atoms with E-state index in [1.165, 1.54) is 17.8 Å². The van der Waals surface area contributed by atoms with Gasteiger partial charge in [-0.25, -0.2) is 14.4 Å². The van der Waals surface area contributed by atoms with E-state index in [1.54, 1.807) is 12.1 Å². The van der Waals surface area contributed by atoms with Gasteiger partial charge in [-0.15, -0.1) is 0 Å². The Bertz CT molecular complexity index is 1140. The van der Waals surface area contributed by atoms with Crippen molar-refractivity contribution in [1.29, 1.82) is 0 Å². The predicted molar refractivity (Wildman–Crippen MR) is 141 cm³/mol. The Kier molecular flexibility index (Phi) is 8.82. The largest absolute Gasteiger partial charge is 0.366 e. The highest BCUT2D eigenvalue weighted by Gasteiger charge is 2.21. The fraction of sp³-hybridized carbons (Fsp3) is 0.346. The van der Waals surface area contributed by atoms with E-state index in [1.807, 2.05) is 36.4 Å². The summed E-state index contributed by atoms with van der Waals surface area (Å²) >= 11 is 7.81. The molecule has 1 amide bonds. The molecule has 3 aromatic rings. The van der Waals surface area contributed by atoms with Crippen LogP contribution in [0.15, 0.2) is 59.8 Å². The van der Waals surface area contributed by atoms with Gasteiger partial charge in [0.2, 0.25) is 0 Å². The van der Waals surface area contributed by atoms with E-state index in [0.717, 1.165) is 24.2 Å². The number of carbonyl (C=O) groups excluding carboxylic acids is 1. The predicted octanol–water partition coefficient (Wildman–Crippen LogP) is 5.42. The second kappa shape index (κ2) is 12.2. The van der Waals surface area contributed by atoms with E-state index in [9.17, 15) is 9.18 Å². The smallest absolute Gasteiger partial charge is 0.251 e. The van der Waals surface area contributed by atoms with Crippen molar-refractivity contribution in [3.63, 3.8) is 0 Å². The summed E-state index contributed by atoms with van der Waals surface area (Å²) in [6.07, 6.45) is 2.02. The Morgan fingerprint density at radius 3 is 2.49 bits per heavy atom. The Hall–Kier alpha value is -2.84. The van der Waals surface area contributed by atoms with Crippen molar-refractivity contribution in [3.8, 4) is 0 Å². The first-order valence-electron chi connectivity index (χ1n) is 11.8. The zero-order valence-electron chi connectivity index (χ0n) is 19.7. The normalized spacial score (nSPS) is 13.7. The molecule has 2 aromatic carbocycles. The van der Waals surface area contributed by atoms with Gasteiger partial charge in [-0.05, 0) is 36.2 Å². The van der Waals surface area contributed by atoms with Crippen LogP contribution in [0, 0.1) is 5.82 Å². The highest BCUT2D eigenvalue weighted by molar-refractivity contribution is 7.98. The second-order valence-corrected chi connectivity index (χ2v) is 9.68. The van der Waals surface area contributed by atoms with Crippen LogP contribution in [0.2, 0.25) is 5.15 Å². The van der Waals surface area contributed by atoms with Crippen LogP contribution < -0.4 is 15.1 Å². The molecule has 1 aliphatic rings. The van der Waals surface area contributed by atoms with Crippen molar-refractivity contribution >= 4 is 40.8 Å². The van der Waals surface area contributed by atoms with Gasteiger partial charge in [0.1, 0.15) is 16.8 Å². The number of nitrogens with zero attached hydrogens (tertiary/aromatic N) is 4. The zero-order valence-corrected chi connectivity index (χ0v) is 21.3. The molecule has 0 bridgehead atoms.